The van der Waals surface area contributed by atoms with Crippen molar-refractivity contribution in [1.82, 2.24) is 5.32 Å². The third-order valence-electron chi connectivity index (χ3n) is 10.6. The Morgan fingerprint density at radius 1 is 0.753 bits per heavy atom. The number of rotatable bonds is 25. The Morgan fingerprint density at radius 2 is 1.25 bits per heavy atom. The van der Waals surface area contributed by atoms with Crippen molar-refractivity contribution in [2.24, 2.45) is 23.3 Å². The molecule has 3 aromatic carbocycles. The second-order valence-electron chi connectivity index (χ2n) is 17.5. The molecule has 1 saturated heterocycles. The molecule has 0 aromatic heterocycles. The first kappa shape index (κ1) is 68.1. The van der Waals surface area contributed by atoms with Crippen molar-refractivity contribution in [3.05, 3.63) is 83.4 Å². The van der Waals surface area contributed by atoms with Crippen LogP contribution in [0.2, 0.25) is 0 Å². The largest absolute Gasteiger partial charge is 0.505 e. The Hall–Kier alpha value is -6.91. The Labute approximate surface area is 448 Å². The van der Waals surface area contributed by atoms with Crippen LogP contribution in [0.1, 0.15) is 107 Å². The number of cyclic esters (lactones) is 2. The van der Waals surface area contributed by atoms with Crippen LogP contribution in [0.5, 0.6) is 17.2 Å². The molecule has 5 unspecified atom stereocenters. The van der Waals surface area contributed by atoms with Gasteiger partial charge in [0.15, 0.2) is 17.9 Å². The zero-order chi connectivity index (χ0) is 58.3. The molecular weight excluding hydrogens is 1050 g/mol. The van der Waals surface area contributed by atoms with E-state index in [4.69, 9.17) is 65.3 Å². The molecule has 1 aliphatic rings. The van der Waals surface area contributed by atoms with Gasteiger partial charge in [-0.05, 0) is 106 Å². The summed E-state index contributed by atoms with van der Waals surface area (Å²) in [5.41, 5.74) is 12.0. The molecule has 13 N–H and O–H groups in total. The van der Waals surface area contributed by atoms with Gasteiger partial charge >= 0.3 is 17.9 Å². The third-order valence-corrected chi connectivity index (χ3v) is 12.0. The number of amides is 2. The molecule has 5 atom stereocenters. The quantitative estimate of drug-likeness (QED) is 0.00842. The van der Waals surface area contributed by atoms with Gasteiger partial charge in [-0.2, -0.15) is 16.8 Å². The number of amidine groups is 2. The zero-order valence-electron chi connectivity index (χ0n) is 43.7. The van der Waals surface area contributed by atoms with Crippen LogP contribution in [0.3, 0.4) is 0 Å². The van der Waals surface area contributed by atoms with E-state index >= 15 is 0 Å². The van der Waals surface area contributed by atoms with Crippen molar-refractivity contribution < 1.29 is 88.9 Å². The van der Waals surface area contributed by atoms with Gasteiger partial charge in [0.2, 0.25) is 6.41 Å². The Bertz CT molecular complexity index is 2470. The lowest BCUT2D eigenvalue weighted by atomic mass is 9.92. The predicted octanol–water partition coefficient (Wildman–Crippen LogP) is 3.71. The molecule has 0 aliphatic carbocycles. The lowest BCUT2D eigenvalue weighted by Gasteiger charge is -2.29. The number of carbonyl (C=O) groups is 5. The van der Waals surface area contributed by atoms with E-state index in [2.05, 4.69) is 10.6 Å². The molecule has 1 heterocycles. The van der Waals surface area contributed by atoms with E-state index < -0.39 is 105 Å². The molecule has 25 nitrogen and oxygen atoms in total. The number of benzene rings is 3. The molecular formula is C50H74N6O19S2. The van der Waals surface area contributed by atoms with Crippen LogP contribution in [0.25, 0.3) is 0 Å². The molecule has 27 heteroatoms. The minimum absolute atomic E-state index is 0.00114. The molecule has 1 aliphatic heterocycles. The van der Waals surface area contributed by atoms with E-state index in [1.54, 1.807) is 24.3 Å². The lowest BCUT2D eigenvalue weighted by Crippen LogP contribution is -2.50. The minimum Gasteiger partial charge on any atom is -0.505 e. The number of carbonyl (C=O) groups excluding carboxylic acids is 5. The molecule has 0 spiro atoms. The van der Waals surface area contributed by atoms with Gasteiger partial charge < -0.3 is 61.1 Å². The van der Waals surface area contributed by atoms with Crippen molar-refractivity contribution in [1.29, 1.82) is 10.8 Å². The highest BCUT2D eigenvalue weighted by Gasteiger charge is 2.44. The zero-order valence-corrected chi connectivity index (χ0v) is 45.3. The van der Waals surface area contributed by atoms with E-state index in [9.17, 15) is 45.9 Å². The van der Waals surface area contributed by atoms with Gasteiger partial charge in [-0.15, -0.1) is 0 Å². The first-order valence-electron chi connectivity index (χ1n) is 24.4. The van der Waals surface area contributed by atoms with Crippen LogP contribution in [0.15, 0.2) is 66.7 Å². The number of aromatic hydroxyl groups is 1. The second kappa shape index (κ2) is 35.4. The number of nitrogens with one attached hydrogen (secondary N) is 4. The van der Waals surface area contributed by atoms with Crippen LogP contribution in [-0.4, -0.2) is 145 Å². The number of unbranched alkanes of at least 4 members (excludes halogenated alkanes) is 4. The maximum atomic E-state index is 13.3. The number of ether oxygens (including phenoxy) is 5. The van der Waals surface area contributed by atoms with Crippen LogP contribution in [0, 0.1) is 22.7 Å². The fourth-order valence-corrected chi connectivity index (χ4v) is 7.14. The Morgan fingerprint density at radius 3 is 1.66 bits per heavy atom. The van der Waals surface area contributed by atoms with E-state index in [0.29, 0.717) is 43.6 Å². The van der Waals surface area contributed by atoms with Crippen LogP contribution in [-0.2, 0) is 53.6 Å². The molecule has 3 aromatic rings. The van der Waals surface area contributed by atoms with E-state index in [1.165, 1.54) is 32.0 Å². The molecule has 430 valence electrons. The highest BCUT2D eigenvalue weighted by atomic mass is 32.2. The average molecular weight is 1130 g/mol. The Balaban J connectivity index is 0.000000643. The molecule has 4 rings (SSSR count). The molecule has 0 saturated carbocycles. The second-order valence-corrected chi connectivity index (χ2v) is 20.7. The summed E-state index contributed by atoms with van der Waals surface area (Å²) >= 11 is 0. The smallest absolute Gasteiger partial charge is 0.332 e. The van der Waals surface area contributed by atoms with E-state index in [1.807, 2.05) is 45.0 Å². The van der Waals surface area contributed by atoms with Crippen molar-refractivity contribution in [2.75, 3.05) is 43.3 Å². The Kier molecular flexibility index (Phi) is 31.3. The summed E-state index contributed by atoms with van der Waals surface area (Å²) in [5, 5.41) is 45.5. The summed E-state index contributed by atoms with van der Waals surface area (Å²) in [6.45, 7) is 8.94. The van der Waals surface area contributed by atoms with Crippen LogP contribution in [0.4, 0.5) is 5.69 Å². The summed E-state index contributed by atoms with van der Waals surface area (Å²) in [6.07, 6.45) is 2.97. The van der Waals surface area contributed by atoms with Crippen molar-refractivity contribution in [3.8, 4) is 17.2 Å². The molecule has 2 amide bonds. The maximum Gasteiger partial charge on any atom is 0.332 e. The standard InChI is InChI=1S/C27H38N2O9.C19H24N4O2.2C2H6O4S/c1-6-7-8-10-19-24(38-21(31)13-15(2)3)17(5)37-27(35)22(16(4)36-26(19)34)29-25(33)18-11-9-12-20(23(18)32)28-14-30;20-18(21)14-4-8-16(9-5-14)24-12-2-1-3-13-25-17-10-6-15(7-11-17)19(22)23;2*3-1-2-7(4,5)6/h9,11-12,14-17,19,22,24,32H,6-8,10,13H2,1-5H3,(H,28,30)(H,29,33);4-11H,1-3,12-13H2,(H3,20,21)(H3,22,23);2*3H,1-2H2,(H,4,5,6). The summed E-state index contributed by atoms with van der Waals surface area (Å²) in [4.78, 5) is 62.7. The monoisotopic (exact) mass is 1130 g/mol. The number of phenolic OH excluding ortho intramolecular Hbond substituents is 1. The highest BCUT2D eigenvalue weighted by molar-refractivity contribution is 7.86. The highest BCUT2D eigenvalue weighted by Crippen LogP contribution is 2.29. The average Bonchev–Trinajstić information content (AvgIpc) is 3.36. The summed E-state index contributed by atoms with van der Waals surface area (Å²) < 4.78 is 82.4. The predicted molar refractivity (Wildman–Crippen MR) is 284 cm³/mol. The number of nitrogen functional groups attached to an aromatic ring is 2. The molecule has 1 fully saturated rings. The fourth-order valence-electron chi connectivity index (χ4n) is 6.68. The molecule has 0 bridgehead atoms. The molecule has 0 radical (unpaired) electrons. The first-order chi connectivity index (χ1) is 36.2. The van der Waals surface area contributed by atoms with Gasteiger partial charge in [0.1, 0.15) is 35.4 Å². The van der Waals surface area contributed by atoms with Crippen LogP contribution < -0.4 is 31.6 Å². The number of aliphatic hydroxyl groups is 2. The topological polar surface area (TPSA) is 425 Å². The minimum atomic E-state index is -3.92. The number of aliphatic hydroxyl groups excluding tert-OH is 2. The number of para-hydroxylation sites is 1. The van der Waals surface area contributed by atoms with Gasteiger partial charge in [0, 0.05) is 17.5 Å². The third kappa shape index (κ3) is 28.2. The summed E-state index contributed by atoms with van der Waals surface area (Å²) in [7, 11) is -7.85. The van der Waals surface area contributed by atoms with Gasteiger partial charge in [-0.3, -0.25) is 39.1 Å². The van der Waals surface area contributed by atoms with Crippen molar-refractivity contribution >= 4 is 67.8 Å². The lowest BCUT2D eigenvalue weighted by molar-refractivity contribution is -0.175. The summed E-state index contributed by atoms with van der Waals surface area (Å²) in [6, 6.07) is 17.1. The van der Waals surface area contributed by atoms with Gasteiger partial charge in [0.05, 0.1) is 55.1 Å². The van der Waals surface area contributed by atoms with Crippen molar-refractivity contribution in [3.63, 3.8) is 0 Å². The number of nitrogens with two attached hydrogens (primary N) is 2. The van der Waals surface area contributed by atoms with Gasteiger partial charge in [-0.1, -0.05) is 46.1 Å². The van der Waals surface area contributed by atoms with E-state index in [-0.39, 0.29) is 35.3 Å². The number of phenols is 1. The van der Waals surface area contributed by atoms with Crippen LogP contribution >= 0.6 is 0 Å². The normalized spacial score (nSPS) is 17.2. The van der Waals surface area contributed by atoms with E-state index in [0.717, 1.165) is 43.6 Å². The number of esters is 3. The SMILES string of the molecule is CCCCCC1C(=O)OC(C)C(NC(=O)c2cccc(NC=O)c2O)C(=O)OC(C)C1OC(=O)CC(C)C.N=C(N)c1ccc(OCCCCCOc2ccc(C(=N)N)cc2)cc1.O=S(=O)(O)CCO.O=S(=O)(O)CCO. The number of anilines is 1. The van der Waals surface area contributed by atoms with Crippen molar-refractivity contribution in [2.45, 2.75) is 110 Å². The first-order valence-corrected chi connectivity index (χ1v) is 27.6. The maximum absolute atomic E-state index is 13.3. The number of hydrogen-bond acceptors (Lipinski definition) is 19. The van der Waals surface area contributed by atoms with Gasteiger partial charge in [0.25, 0.3) is 26.1 Å². The summed E-state index contributed by atoms with van der Waals surface area (Å²) in [5.74, 6) is -3.74. The fraction of sp³-hybridized carbons (Fsp3) is 0.500. The van der Waals surface area contributed by atoms with Gasteiger partial charge in [-0.25, -0.2) is 4.79 Å². The number of hydrogen-bond donors (Lipinski definition) is 11. The molecule has 77 heavy (non-hydrogen) atoms.